The average Bonchev–Trinajstić information content (AvgIpc) is 2.02. The molecule has 0 aliphatic heterocycles. The van der Waals surface area contributed by atoms with Crippen molar-refractivity contribution < 1.29 is 0 Å². The molecule has 4 N–H and O–H groups in total. The van der Waals surface area contributed by atoms with E-state index in [1.807, 2.05) is 13.8 Å². The van der Waals surface area contributed by atoms with Gasteiger partial charge in [0.25, 0.3) is 0 Å². The number of hydrogen-bond donors (Lipinski definition) is 2. The van der Waals surface area contributed by atoms with E-state index in [1.165, 1.54) is 0 Å². The van der Waals surface area contributed by atoms with Crippen molar-refractivity contribution in [2.45, 2.75) is 32.6 Å². The second-order valence-corrected chi connectivity index (χ2v) is 3.61. The van der Waals surface area contributed by atoms with E-state index in [9.17, 15) is 0 Å². The maximum atomic E-state index is 5.47. The van der Waals surface area contributed by atoms with Crippen LogP contribution >= 0.6 is 0 Å². The Kier molecular flexibility index (Phi) is 2.36. The number of nitrogens with two attached hydrogens (primary N) is 2. The molecule has 0 amide bonds. The highest BCUT2D eigenvalue weighted by atomic mass is 15.1. The van der Waals surface area contributed by atoms with E-state index in [1.54, 1.807) is 0 Å². The van der Waals surface area contributed by atoms with Gasteiger partial charge in [-0.15, -0.1) is 0 Å². The topological polar surface area (TPSA) is 90.7 Å². The summed E-state index contributed by atoms with van der Waals surface area (Å²) in [6, 6.07) is 0. The highest BCUT2D eigenvalue weighted by Crippen LogP contribution is 2.23. The van der Waals surface area contributed by atoms with Gasteiger partial charge in [0.15, 0.2) is 0 Å². The molecule has 0 radical (unpaired) electrons. The number of nitrogen functional groups attached to an aromatic ring is 2. The predicted molar refractivity (Wildman–Crippen MR) is 52.0 cm³/mol. The average molecular weight is 181 g/mol. The summed E-state index contributed by atoms with van der Waals surface area (Å²) >= 11 is 0. The van der Waals surface area contributed by atoms with Crippen LogP contribution in [0.1, 0.15) is 33.0 Å². The molecule has 0 atom stereocenters. The molecule has 72 valence electrons. The first-order chi connectivity index (χ1) is 5.95. The Bertz CT molecular complexity index is 287. The molecule has 5 nitrogen and oxygen atoms in total. The Morgan fingerprint density at radius 2 is 1.54 bits per heavy atom. The zero-order chi connectivity index (χ0) is 10.1. The number of hydrogen-bond acceptors (Lipinski definition) is 5. The van der Waals surface area contributed by atoms with Crippen molar-refractivity contribution in [2.75, 3.05) is 11.5 Å². The molecule has 1 aromatic heterocycles. The van der Waals surface area contributed by atoms with Crippen LogP contribution < -0.4 is 11.5 Å². The summed E-state index contributed by atoms with van der Waals surface area (Å²) in [5.74, 6) is 1.02. The fourth-order valence-corrected chi connectivity index (χ4v) is 0.870. The van der Waals surface area contributed by atoms with Crippen LogP contribution in [0.15, 0.2) is 0 Å². The molecule has 0 fully saturated rings. The Morgan fingerprint density at radius 3 is 1.92 bits per heavy atom. The first-order valence-corrected chi connectivity index (χ1v) is 4.23. The molecular weight excluding hydrogens is 166 g/mol. The van der Waals surface area contributed by atoms with Crippen molar-refractivity contribution in [3.05, 3.63) is 5.82 Å². The summed E-state index contributed by atoms with van der Waals surface area (Å²) in [5.41, 5.74) is 10.8. The lowest BCUT2D eigenvalue weighted by Crippen LogP contribution is -2.21. The van der Waals surface area contributed by atoms with Gasteiger partial charge in [-0.3, -0.25) is 0 Å². The summed E-state index contributed by atoms with van der Waals surface area (Å²) < 4.78 is 0. The van der Waals surface area contributed by atoms with Crippen LogP contribution in [-0.4, -0.2) is 15.0 Å². The first-order valence-electron chi connectivity index (χ1n) is 4.23. The molecule has 0 unspecified atom stereocenters. The van der Waals surface area contributed by atoms with E-state index in [-0.39, 0.29) is 17.3 Å². The van der Waals surface area contributed by atoms with E-state index in [4.69, 9.17) is 11.5 Å². The third kappa shape index (κ3) is 2.05. The Morgan fingerprint density at radius 1 is 1.08 bits per heavy atom. The molecule has 0 bridgehead atoms. The van der Waals surface area contributed by atoms with Crippen molar-refractivity contribution in [1.29, 1.82) is 0 Å². The van der Waals surface area contributed by atoms with Gasteiger partial charge in [0.2, 0.25) is 11.9 Å². The highest BCUT2D eigenvalue weighted by Gasteiger charge is 2.22. The van der Waals surface area contributed by atoms with E-state index < -0.39 is 0 Å². The van der Waals surface area contributed by atoms with Crippen molar-refractivity contribution >= 4 is 11.9 Å². The summed E-state index contributed by atoms with van der Waals surface area (Å²) in [4.78, 5) is 11.8. The Balaban J connectivity index is 3.15. The van der Waals surface area contributed by atoms with Gasteiger partial charge >= 0.3 is 0 Å². The molecule has 0 aromatic carbocycles. The van der Waals surface area contributed by atoms with Crippen LogP contribution in [0.5, 0.6) is 0 Å². The van der Waals surface area contributed by atoms with E-state index in [0.717, 1.165) is 6.42 Å². The molecule has 0 saturated carbocycles. The summed E-state index contributed by atoms with van der Waals surface area (Å²) in [6.07, 6.45) is 0.926. The first kappa shape index (κ1) is 9.70. The zero-order valence-electron chi connectivity index (χ0n) is 8.20. The SMILES string of the molecule is CCC(C)(C)c1nc(N)nc(N)n1. The fraction of sp³-hybridized carbons (Fsp3) is 0.625. The van der Waals surface area contributed by atoms with Gasteiger partial charge in [-0.05, 0) is 6.42 Å². The van der Waals surface area contributed by atoms with Gasteiger partial charge in [0.1, 0.15) is 5.82 Å². The minimum atomic E-state index is -0.106. The highest BCUT2D eigenvalue weighted by molar-refractivity contribution is 5.27. The zero-order valence-corrected chi connectivity index (χ0v) is 8.20. The maximum absolute atomic E-state index is 5.47. The van der Waals surface area contributed by atoms with Gasteiger partial charge < -0.3 is 11.5 Å². The summed E-state index contributed by atoms with van der Waals surface area (Å²) in [5, 5.41) is 0. The Labute approximate surface area is 77.6 Å². The van der Waals surface area contributed by atoms with Gasteiger partial charge in [-0.1, -0.05) is 20.8 Å². The molecule has 5 heteroatoms. The van der Waals surface area contributed by atoms with Crippen LogP contribution in [0.3, 0.4) is 0 Å². The number of rotatable bonds is 2. The van der Waals surface area contributed by atoms with Gasteiger partial charge in [-0.2, -0.15) is 15.0 Å². The summed E-state index contributed by atoms with van der Waals surface area (Å²) in [7, 11) is 0. The second-order valence-electron chi connectivity index (χ2n) is 3.61. The smallest absolute Gasteiger partial charge is 0.225 e. The standard InChI is InChI=1S/C8H15N5/c1-4-8(2,3)5-11-6(9)13-7(10)12-5/h4H2,1-3H3,(H4,9,10,11,12,13). The van der Waals surface area contributed by atoms with Crippen molar-refractivity contribution in [3.63, 3.8) is 0 Å². The van der Waals surface area contributed by atoms with Crippen LogP contribution in [-0.2, 0) is 5.41 Å². The minimum absolute atomic E-state index is 0.106. The largest absolute Gasteiger partial charge is 0.368 e. The van der Waals surface area contributed by atoms with Crippen LogP contribution in [0, 0.1) is 0 Å². The Hall–Kier alpha value is -1.39. The number of anilines is 2. The molecule has 0 aliphatic rings. The van der Waals surface area contributed by atoms with Crippen LogP contribution in [0.2, 0.25) is 0 Å². The molecule has 1 heterocycles. The van der Waals surface area contributed by atoms with E-state index in [2.05, 4.69) is 21.9 Å². The molecule has 1 rings (SSSR count). The monoisotopic (exact) mass is 181 g/mol. The second kappa shape index (κ2) is 3.16. The predicted octanol–water partition coefficient (Wildman–Crippen LogP) is 0.724. The van der Waals surface area contributed by atoms with E-state index in [0.29, 0.717) is 5.82 Å². The number of nitrogens with zero attached hydrogens (tertiary/aromatic N) is 3. The van der Waals surface area contributed by atoms with Crippen LogP contribution in [0.25, 0.3) is 0 Å². The number of aromatic nitrogens is 3. The molecule has 0 aliphatic carbocycles. The normalized spacial score (nSPS) is 11.6. The fourth-order valence-electron chi connectivity index (χ4n) is 0.870. The lowest BCUT2D eigenvalue weighted by Gasteiger charge is -2.20. The molecular formula is C8H15N5. The lowest BCUT2D eigenvalue weighted by molar-refractivity contribution is 0.472. The van der Waals surface area contributed by atoms with Gasteiger partial charge in [-0.25, -0.2) is 0 Å². The molecule has 0 saturated heterocycles. The quantitative estimate of drug-likeness (QED) is 0.701. The van der Waals surface area contributed by atoms with Gasteiger partial charge in [0.05, 0.1) is 0 Å². The van der Waals surface area contributed by atoms with Crippen molar-refractivity contribution in [3.8, 4) is 0 Å². The van der Waals surface area contributed by atoms with Crippen molar-refractivity contribution in [1.82, 2.24) is 15.0 Å². The molecule has 0 spiro atoms. The molecule has 13 heavy (non-hydrogen) atoms. The summed E-state index contributed by atoms with van der Waals surface area (Å²) in [6.45, 7) is 6.15. The minimum Gasteiger partial charge on any atom is -0.368 e. The van der Waals surface area contributed by atoms with Crippen LogP contribution in [0.4, 0.5) is 11.9 Å². The van der Waals surface area contributed by atoms with E-state index >= 15 is 0 Å². The van der Waals surface area contributed by atoms with Crippen molar-refractivity contribution in [2.24, 2.45) is 0 Å². The third-order valence-electron chi connectivity index (χ3n) is 2.16. The maximum Gasteiger partial charge on any atom is 0.225 e. The van der Waals surface area contributed by atoms with Gasteiger partial charge in [0, 0.05) is 5.41 Å². The third-order valence-corrected chi connectivity index (χ3v) is 2.16. The lowest BCUT2D eigenvalue weighted by atomic mass is 9.89. The molecule has 1 aromatic rings.